The van der Waals surface area contributed by atoms with Crippen LogP contribution in [0.15, 0.2) is 0 Å². The first kappa shape index (κ1) is 14.6. The van der Waals surface area contributed by atoms with E-state index in [1.165, 1.54) is 0 Å². The quantitative estimate of drug-likeness (QED) is 0.794. The van der Waals surface area contributed by atoms with E-state index in [1.807, 2.05) is 6.07 Å². The number of carbonyl (C=O) groups is 2. The van der Waals surface area contributed by atoms with E-state index in [9.17, 15) is 20.0 Å². The minimum absolute atomic E-state index is 0.189. The Bertz CT molecular complexity index is 461. The normalized spacial score (nSPS) is 32.6. The number of amides is 1. The Morgan fingerprint density at radius 1 is 1.30 bits per heavy atom. The number of ether oxygens (including phenoxy) is 1. The maximum absolute atomic E-state index is 12.2. The van der Waals surface area contributed by atoms with Gasteiger partial charge in [-0.15, -0.1) is 0 Å². The molecule has 2 aliphatic heterocycles. The summed E-state index contributed by atoms with van der Waals surface area (Å²) in [6, 6.07) is 1.53. The average Bonchev–Trinajstić information content (AvgIpc) is 2.59. The molecule has 2 bridgehead atoms. The zero-order chi connectivity index (χ0) is 15.1. The molecular weight excluding hydrogens is 260 g/mol. The lowest BCUT2D eigenvalue weighted by Crippen LogP contribution is -2.53. The van der Waals surface area contributed by atoms with Gasteiger partial charge in [-0.2, -0.15) is 5.26 Å². The van der Waals surface area contributed by atoms with Crippen LogP contribution in [0, 0.1) is 16.7 Å². The van der Waals surface area contributed by atoms with Crippen LogP contribution in [0.25, 0.3) is 0 Å². The van der Waals surface area contributed by atoms with Crippen LogP contribution in [-0.4, -0.2) is 39.8 Å². The summed E-state index contributed by atoms with van der Waals surface area (Å²) in [5.41, 5.74) is -1.93. The highest BCUT2D eigenvalue weighted by molar-refractivity contribution is 5.79. The molecule has 2 rings (SSSR count). The second kappa shape index (κ2) is 4.65. The molecule has 2 aliphatic rings. The average molecular weight is 280 g/mol. The SMILES string of the molecule is CC(C)(C)OC(=O)N1C2CCC1CC(C#N)(C(=O)O)C2. The summed E-state index contributed by atoms with van der Waals surface area (Å²) >= 11 is 0. The third-order valence-corrected chi connectivity index (χ3v) is 4.02. The number of hydrogen-bond donors (Lipinski definition) is 1. The van der Waals surface area contributed by atoms with Crippen LogP contribution in [0.4, 0.5) is 4.79 Å². The largest absolute Gasteiger partial charge is 0.480 e. The molecule has 6 nitrogen and oxygen atoms in total. The van der Waals surface area contributed by atoms with Gasteiger partial charge in [0.25, 0.3) is 0 Å². The third kappa shape index (κ3) is 2.45. The molecule has 0 spiro atoms. The molecule has 0 aromatic carbocycles. The molecule has 0 saturated carbocycles. The maximum atomic E-state index is 12.2. The first-order valence-electron chi connectivity index (χ1n) is 6.84. The van der Waals surface area contributed by atoms with Crippen LogP contribution in [0.5, 0.6) is 0 Å². The number of nitrogens with zero attached hydrogens (tertiary/aromatic N) is 2. The summed E-state index contributed by atoms with van der Waals surface area (Å²) < 4.78 is 5.38. The van der Waals surface area contributed by atoms with E-state index < -0.39 is 23.1 Å². The molecule has 0 radical (unpaired) electrons. The fourth-order valence-electron chi connectivity index (χ4n) is 3.18. The highest BCUT2D eigenvalue weighted by Crippen LogP contribution is 2.46. The molecule has 2 heterocycles. The van der Waals surface area contributed by atoms with Crippen molar-refractivity contribution in [2.75, 3.05) is 0 Å². The Morgan fingerprint density at radius 3 is 2.15 bits per heavy atom. The van der Waals surface area contributed by atoms with Crippen LogP contribution in [0.1, 0.15) is 46.5 Å². The minimum Gasteiger partial charge on any atom is -0.480 e. The molecular formula is C14H20N2O4. The molecule has 2 unspecified atom stereocenters. The molecule has 2 saturated heterocycles. The van der Waals surface area contributed by atoms with E-state index in [4.69, 9.17) is 4.74 Å². The summed E-state index contributed by atoms with van der Waals surface area (Å²) in [6.45, 7) is 5.40. The lowest BCUT2D eigenvalue weighted by Gasteiger charge is -2.41. The van der Waals surface area contributed by atoms with Gasteiger partial charge in [-0.3, -0.25) is 4.79 Å². The summed E-state index contributed by atoms with van der Waals surface area (Å²) in [5.74, 6) is -1.08. The molecule has 2 atom stereocenters. The standard InChI is InChI=1S/C14H20N2O4/c1-13(2,3)20-12(19)16-9-4-5-10(16)7-14(6-9,8-15)11(17)18/h9-10H,4-7H2,1-3H3,(H,17,18). The Kier molecular flexibility index (Phi) is 3.41. The van der Waals surface area contributed by atoms with Gasteiger partial charge in [-0.25, -0.2) is 4.79 Å². The van der Waals surface area contributed by atoms with E-state index in [1.54, 1.807) is 25.7 Å². The number of carboxylic acids is 1. The van der Waals surface area contributed by atoms with Crippen molar-refractivity contribution in [2.45, 2.75) is 64.1 Å². The monoisotopic (exact) mass is 280 g/mol. The predicted molar refractivity (Wildman–Crippen MR) is 69.8 cm³/mol. The topological polar surface area (TPSA) is 90.6 Å². The molecule has 0 aromatic rings. The summed E-state index contributed by atoms with van der Waals surface area (Å²) in [5, 5.41) is 18.5. The number of carboxylic acid groups (broad SMARTS) is 1. The van der Waals surface area contributed by atoms with Gasteiger partial charge in [0.2, 0.25) is 0 Å². The summed E-state index contributed by atoms with van der Waals surface area (Å²) in [7, 11) is 0. The molecule has 1 N–H and O–H groups in total. The van der Waals surface area contributed by atoms with Crippen molar-refractivity contribution in [3.63, 3.8) is 0 Å². The fourth-order valence-corrected chi connectivity index (χ4v) is 3.18. The van der Waals surface area contributed by atoms with E-state index in [-0.39, 0.29) is 24.9 Å². The first-order valence-corrected chi connectivity index (χ1v) is 6.84. The first-order chi connectivity index (χ1) is 9.18. The highest BCUT2D eigenvalue weighted by Gasteiger charge is 2.55. The number of fused-ring (bicyclic) bond motifs is 2. The predicted octanol–water partition coefficient (Wildman–Crippen LogP) is 2.14. The number of piperidine rings is 1. The van der Waals surface area contributed by atoms with Gasteiger partial charge in [0.05, 0.1) is 6.07 Å². The van der Waals surface area contributed by atoms with Gasteiger partial charge < -0.3 is 14.7 Å². The summed E-state index contributed by atoms with van der Waals surface area (Å²) in [4.78, 5) is 25.2. The van der Waals surface area contributed by atoms with Gasteiger partial charge in [0.1, 0.15) is 5.60 Å². The second-order valence-corrected chi connectivity index (χ2v) is 6.68. The Morgan fingerprint density at radius 2 is 1.80 bits per heavy atom. The van der Waals surface area contributed by atoms with Crippen molar-refractivity contribution in [3.8, 4) is 6.07 Å². The smallest absolute Gasteiger partial charge is 0.410 e. The van der Waals surface area contributed by atoms with Gasteiger partial charge in [-0.1, -0.05) is 0 Å². The minimum atomic E-state index is -1.36. The maximum Gasteiger partial charge on any atom is 0.410 e. The Balaban J connectivity index is 2.17. The van der Waals surface area contributed by atoms with Gasteiger partial charge >= 0.3 is 12.1 Å². The molecule has 2 fully saturated rings. The zero-order valence-corrected chi connectivity index (χ0v) is 12.0. The number of nitriles is 1. The molecule has 110 valence electrons. The zero-order valence-electron chi connectivity index (χ0n) is 12.0. The van der Waals surface area contributed by atoms with E-state index in [0.29, 0.717) is 0 Å². The molecule has 20 heavy (non-hydrogen) atoms. The van der Waals surface area contributed by atoms with Crippen molar-refractivity contribution in [1.82, 2.24) is 4.90 Å². The van der Waals surface area contributed by atoms with Crippen molar-refractivity contribution in [2.24, 2.45) is 5.41 Å². The highest BCUT2D eigenvalue weighted by atomic mass is 16.6. The Hall–Kier alpha value is -1.77. The van der Waals surface area contributed by atoms with Crippen molar-refractivity contribution < 1.29 is 19.4 Å². The van der Waals surface area contributed by atoms with Crippen molar-refractivity contribution in [1.29, 1.82) is 5.26 Å². The number of hydrogen-bond acceptors (Lipinski definition) is 4. The molecule has 0 aromatic heterocycles. The summed E-state index contributed by atoms with van der Waals surface area (Å²) in [6.07, 6.45) is 1.45. The Labute approximate surface area is 118 Å². The molecule has 1 amide bonds. The van der Waals surface area contributed by atoms with Crippen LogP contribution in [0.3, 0.4) is 0 Å². The van der Waals surface area contributed by atoms with E-state index in [2.05, 4.69) is 0 Å². The lowest BCUT2D eigenvalue weighted by molar-refractivity contribution is -0.149. The number of aliphatic carboxylic acids is 1. The molecule has 6 heteroatoms. The third-order valence-electron chi connectivity index (χ3n) is 4.02. The van der Waals surface area contributed by atoms with Gasteiger partial charge in [0.15, 0.2) is 5.41 Å². The van der Waals surface area contributed by atoms with Crippen LogP contribution >= 0.6 is 0 Å². The second-order valence-electron chi connectivity index (χ2n) is 6.68. The van der Waals surface area contributed by atoms with Crippen LogP contribution in [0.2, 0.25) is 0 Å². The fraction of sp³-hybridized carbons (Fsp3) is 0.786. The van der Waals surface area contributed by atoms with Gasteiger partial charge in [-0.05, 0) is 46.5 Å². The lowest BCUT2D eigenvalue weighted by atomic mass is 9.76. The van der Waals surface area contributed by atoms with Gasteiger partial charge in [0, 0.05) is 12.1 Å². The van der Waals surface area contributed by atoms with Crippen molar-refractivity contribution in [3.05, 3.63) is 0 Å². The molecule has 0 aliphatic carbocycles. The van der Waals surface area contributed by atoms with E-state index >= 15 is 0 Å². The van der Waals surface area contributed by atoms with E-state index in [0.717, 1.165) is 12.8 Å². The number of carbonyl (C=O) groups excluding carboxylic acids is 1. The van der Waals surface area contributed by atoms with Crippen molar-refractivity contribution >= 4 is 12.1 Å². The van der Waals surface area contributed by atoms with Crippen LogP contribution in [-0.2, 0) is 9.53 Å². The number of rotatable bonds is 1. The van der Waals surface area contributed by atoms with Crippen LogP contribution < -0.4 is 0 Å².